The molecule has 280 valence electrons. The van der Waals surface area contributed by atoms with Crippen LogP contribution in [0.4, 0.5) is 0 Å². The molecule has 7 aromatic rings. The van der Waals surface area contributed by atoms with E-state index in [1.807, 2.05) is 6.20 Å². The maximum Gasteiger partial charge on any atom is 0.137 e. The second-order valence-corrected chi connectivity index (χ2v) is 18.0. The molecule has 5 heteroatoms. The molecule has 1 unspecified atom stereocenters. The molecule has 0 saturated carbocycles. The summed E-state index contributed by atoms with van der Waals surface area (Å²) in [6.45, 7) is 22.7. The molecular weight excluding hydrogens is 673 g/mol. The van der Waals surface area contributed by atoms with E-state index in [9.17, 15) is 0 Å². The Kier molecular flexibility index (Phi) is 9.11. The van der Waals surface area contributed by atoms with E-state index in [1.165, 1.54) is 39.6 Å². The van der Waals surface area contributed by atoms with E-state index < -0.39 is 0 Å². The molecular formula is C50H54N4O. The number of para-hydroxylation sites is 1. The lowest BCUT2D eigenvalue weighted by atomic mass is 9.72. The quantitative estimate of drug-likeness (QED) is 0.160. The first kappa shape index (κ1) is 36.6. The van der Waals surface area contributed by atoms with E-state index in [-0.39, 0.29) is 10.8 Å². The number of hydrogen-bond acceptors (Lipinski definition) is 3. The van der Waals surface area contributed by atoms with E-state index in [0.29, 0.717) is 17.8 Å². The van der Waals surface area contributed by atoms with Crippen molar-refractivity contribution >= 4 is 21.8 Å². The smallest absolute Gasteiger partial charge is 0.137 e. The van der Waals surface area contributed by atoms with Crippen molar-refractivity contribution in [2.75, 3.05) is 0 Å². The summed E-state index contributed by atoms with van der Waals surface area (Å²) in [6.07, 6.45) is 5.56. The van der Waals surface area contributed by atoms with Crippen LogP contribution >= 0.6 is 0 Å². The Morgan fingerprint density at radius 1 is 0.691 bits per heavy atom. The standard InChI is InChI=1S/C50H54N4O/c1-31-24-32(2)46(33(3)25-31)47-34(4)52-54(48(47)35-16-12-11-13-17-35)38-26-37(50(8,9)10)27-40(29-38)55-39-20-21-42-41-18-14-15-19-43(41)53(44(42)30-39)45-28-36(22-23-51-45)49(5,6)7/h11-24,26-31,33,46H,25H2,1-10H3/t31-,33-,46?/m0/s1. The lowest BCUT2D eigenvalue weighted by molar-refractivity contribution is 0.391. The van der Waals surface area contributed by atoms with Crippen molar-refractivity contribution in [3.05, 3.63) is 143 Å². The van der Waals surface area contributed by atoms with E-state index in [0.717, 1.165) is 50.8 Å². The van der Waals surface area contributed by atoms with Crippen LogP contribution < -0.4 is 4.74 Å². The molecule has 8 rings (SSSR count). The number of hydrogen-bond donors (Lipinski definition) is 0. The fraction of sp³-hybridized carbons (Fsp3) is 0.320. The zero-order valence-corrected chi connectivity index (χ0v) is 34.1. The topological polar surface area (TPSA) is 44.9 Å². The fourth-order valence-corrected chi connectivity index (χ4v) is 8.88. The molecule has 0 aliphatic heterocycles. The lowest BCUT2D eigenvalue weighted by Gasteiger charge is -2.32. The monoisotopic (exact) mass is 726 g/mol. The van der Waals surface area contributed by atoms with Gasteiger partial charge in [0, 0.05) is 46.1 Å². The highest BCUT2D eigenvalue weighted by atomic mass is 16.5. The van der Waals surface area contributed by atoms with Gasteiger partial charge in [-0.2, -0.15) is 5.10 Å². The van der Waals surface area contributed by atoms with Crippen molar-refractivity contribution < 1.29 is 4.74 Å². The third kappa shape index (κ3) is 6.79. The van der Waals surface area contributed by atoms with Crippen molar-refractivity contribution in [1.29, 1.82) is 0 Å². The highest BCUT2D eigenvalue weighted by molar-refractivity contribution is 6.09. The largest absolute Gasteiger partial charge is 0.457 e. The number of aryl methyl sites for hydroxylation is 1. The van der Waals surface area contributed by atoms with Gasteiger partial charge in [-0.25, -0.2) is 9.67 Å². The zero-order chi connectivity index (χ0) is 38.8. The molecule has 0 saturated heterocycles. The van der Waals surface area contributed by atoms with Crippen LogP contribution in [0.25, 0.3) is 44.6 Å². The molecule has 3 aromatic heterocycles. The van der Waals surface area contributed by atoms with Crippen LogP contribution in [0, 0.1) is 18.8 Å². The summed E-state index contributed by atoms with van der Waals surface area (Å²) in [5.41, 5.74) is 11.6. The third-order valence-corrected chi connectivity index (χ3v) is 11.5. The normalized spacial score (nSPS) is 17.9. The Labute approximate surface area is 326 Å². The summed E-state index contributed by atoms with van der Waals surface area (Å²) in [5.74, 6) is 3.84. The van der Waals surface area contributed by atoms with Gasteiger partial charge in [-0.3, -0.25) is 4.57 Å². The van der Waals surface area contributed by atoms with Crippen LogP contribution in [0.1, 0.15) is 97.0 Å². The molecule has 1 aliphatic carbocycles. The van der Waals surface area contributed by atoms with Gasteiger partial charge >= 0.3 is 0 Å². The van der Waals surface area contributed by atoms with Crippen molar-refractivity contribution in [2.45, 2.75) is 92.4 Å². The number of fused-ring (bicyclic) bond motifs is 3. The molecule has 0 amide bonds. The van der Waals surface area contributed by atoms with E-state index in [1.54, 1.807) is 0 Å². The number of nitrogens with zero attached hydrogens (tertiary/aromatic N) is 4. The minimum absolute atomic E-state index is 0.00247. The predicted octanol–water partition coefficient (Wildman–Crippen LogP) is 13.4. The van der Waals surface area contributed by atoms with Crippen molar-refractivity contribution in [3.63, 3.8) is 0 Å². The summed E-state index contributed by atoms with van der Waals surface area (Å²) in [4.78, 5) is 4.89. The SMILES string of the molecule is CC1=C[C@H](C)C[C@H](C)C1c1c(C)nn(-c2cc(Oc3ccc4c5ccccc5n(-c5cc(C(C)(C)C)ccn5)c4c3)cc(C(C)(C)C)c2)c1-c1ccccc1. The van der Waals surface area contributed by atoms with Gasteiger partial charge in [0.05, 0.1) is 28.1 Å². The number of benzene rings is 4. The minimum Gasteiger partial charge on any atom is -0.457 e. The zero-order valence-electron chi connectivity index (χ0n) is 34.1. The third-order valence-electron chi connectivity index (χ3n) is 11.5. The maximum atomic E-state index is 6.91. The Balaban J connectivity index is 1.29. The predicted molar refractivity (Wildman–Crippen MR) is 229 cm³/mol. The summed E-state index contributed by atoms with van der Waals surface area (Å²) in [7, 11) is 0. The first-order valence-electron chi connectivity index (χ1n) is 19.8. The minimum atomic E-state index is -0.125. The number of ether oxygens (including phenoxy) is 1. The highest BCUT2D eigenvalue weighted by Gasteiger charge is 2.33. The van der Waals surface area contributed by atoms with Gasteiger partial charge in [0.15, 0.2) is 0 Å². The van der Waals surface area contributed by atoms with Gasteiger partial charge < -0.3 is 4.74 Å². The number of aromatic nitrogens is 4. The first-order chi connectivity index (χ1) is 26.2. The Hall–Kier alpha value is -5.42. The van der Waals surface area contributed by atoms with Gasteiger partial charge in [0.2, 0.25) is 0 Å². The number of rotatable bonds is 6. The summed E-state index contributed by atoms with van der Waals surface area (Å²) in [5, 5.41) is 7.70. The van der Waals surface area contributed by atoms with Crippen LogP contribution in [0.3, 0.4) is 0 Å². The van der Waals surface area contributed by atoms with Gasteiger partial charge in [0.1, 0.15) is 17.3 Å². The van der Waals surface area contributed by atoms with Gasteiger partial charge in [-0.05, 0) is 96.5 Å². The maximum absolute atomic E-state index is 6.91. The van der Waals surface area contributed by atoms with Gasteiger partial charge in [-0.1, -0.05) is 116 Å². The van der Waals surface area contributed by atoms with Gasteiger partial charge in [-0.15, -0.1) is 0 Å². The Morgan fingerprint density at radius 3 is 2.13 bits per heavy atom. The molecule has 3 atom stereocenters. The molecule has 55 heavy (non-hydrogen) atoms. The lowest BCUT2D eigenvalue weighted by Crippen LogP contribution is -2.20. The van der Waals surface area contributed by atoms with Crippen LogP contribution in [-0.4, -0.2) is 19.3 Å². The first-order valence-corrected chi connectivity index (χ1v) is 19.8. The Bertz CT molecular complexity index is 2570. The summed E-state index contributed by atoms with van der Waals surface area (Å²) >= 11 is 0. The van der Waals surface area contributed by atoms with Crippen molar-refractivity contribution in [2.24, 2.45) is 11.8 Å². The average Bonchev–Trinajstić information content (AvgIpc) is 3.65. The molecule has 4 aromatic carbocycles. The van der Waals surface area contributed by atoms with E-state index >= 15 is 0 Å². The molecule has 0 spiro atoms. The molecule has 0 bridgehead atoms. The highest BCUT2D eigenvalue weighted by Crippen LogP contribution is 2.46. The van der Waals surface area contributed by atoms with Crippen LogP contribution in [0.15, 0.2) is 121 Å². The van der Waals surface area contributed by atoms with Crippen molar-refractivity contribution in [1.82, 2.24) is 19.3 Å². The molecule has 0 fully saturated rings. The second-order valence-electron chi connectivity index (χ2n) is 18.0. The molecule has 3 heterocycles. The van der Waals surface area contributed by atoms with Crippen LogP contribution in [0.5, 0.6) is 11.5 Å². The fourth-order valence-electron chi connectivity index (χ4n) is 8.88. The molecule has 1 aliphatic rings. The number of allylic oxidation sites excluding steroid dienone is 2. The molecule has 5 nitrogen and oxygen atoms in total. The summed E-state index contributed by atoms with van der Waals surface area (Å²) in [6, 6.07) is 36.8. The number of pyridine rings is 1. The summed E-state index contributed by atoms with van der Waals surface area (Å²) < 4.78 is 11.4. The van der Waals surface area contributed by atoms with Crippen LogP contribution in [0.2, 0.25) is 0 Å². The van der Waals surface area contributed by atoms with Gasteiger partial charge in [0.25, 0.3) is 0 Å². The molecule has 0 N–H and O–H groups in total. The Morgan fingerprint density at radius 2 is 1.40 bits per heavy atom. The van der Waals surface area contributed by atoms with E-state index in [4.69, 9.17) is 14.8 Å². The van der Waals surface area contributed by atoms with Crippen molar-refractivity contribution in [3.8, 4) is 34.3 Å². The molecule has 0 radical (unpaired) electrons. The second kappa shape index (κ2) is 13.7. The average molecular weight is 727 g/mol. The van der Waals surface area contributed by atoms with E-state index in [2.05, 4.69) is 188 Å². The van der Waals surface area contributed by atoms with Crippen LogP contribution in [-0.2, 0) is 10.8 Å².